The molecule has 1 N–H and O–H groups in total. The summed E-state index contributed by atoms with van der Waals surface area (Å²) in [4.78, 5) is 17.1. The number of carbonyl (C=O) groups is 1. The number of rotatable bonds is 6. The van der Waals surface area contributed by atoms with Gasteiger partial charge in [-0.25, -0.2) is 18.1 Å². The molecule has 1 fully saturated rings. The number of hydrogen-bond acceptors (Lipinski definition) is 6. The quantitative estimate of drug-likeness (QED) is 0.853. The highest BCUT2D eigenvalue weighted by Crippen LogP contribution is 2.37. The van der Waals surface area contributed by atoms with Crippen molar-refractivity contribution in [3.8, 4) is 0 Å². The van der Waals surface area contributed by atoms with E-state index < -0.39 is 21.2 Å². The lowest BCUT2D eigenvalue weighted by Gasteiger charge is -2.12. The second-order valence-electron chi connectivity index (χ2n) is 5.69. The standard InChI is InChI=1S/C14H22N2O4S2/c1-9(8-20-3)22(18,19)16-13(17)12-10(2)15-14(21-12)11-6-4-5-7-11/h9,11H,4-8H2,1-3H3,(H,16,17)/t9-/m1/s1. The number of thiazole rings is 1. The number of methoxy groups -OCH3 is 1. The predicted molar refractivity (Wildman–Crippen MR) is 85.8 cm³/mol. The van der Waals surface area contributed by atoms with E-state index in [1.54, 1.807) is 6.92 Å². The molecule has 0 bridgehead atoms. The number of nitrogens with one attached hydrogen (secondary N) is 1. The van der Waals surface area contributed by atoms with Crippen molar-refractivity contribution < 1.29 is 17.9 Å². The molecule has 1 aromatic rings. The Bertz CT molecular complexity index is 633. The van der Waals surface area contributed by atoms with Crippen LogP contribution in [0.5, 0.6) is 0 Å². The van der Waals surface area contributed by atoms with Crippen LogP contribution in [0.2, 0.25) is 0 Å². The summed E-state index contributed by atoms with van der Waals surface area (Å²) in [5, 5.41) is 0.159. The number of ether oxygens (including phenoxy) is 1. The maximum absolute atomic E-state index is 12.3. The zero-order valence-electron chi connectivity index (χ0n) is 13.1. The monoisotopic (exact) mass is 346 g/mol. The van der Waals surface area contributed by atoms with Crippen LogP contribution in [0, 0.1) is 6.92 Å². The van der Waals surface area contributed by atoms with Crippen LogP contribution in [0.25, 0.3) is 0 Å². The van der Waals surface area contributed by atoms with Gasteiger partial charge in [0.25, 0.3) is 5.91 Å². The molecule has 1 atom stereocenters. The fraction of sp³-hybridized carbons (Fsp3) is 0.714. The van der Waals surface area contributed by atoms with Gasteiger partial charge in [0.1, 0.15) is 10.1 Å². The molecule has 22 heavy (non-hydrogen) atoms. The number of nitrogens with zero attached hydrogens (tertiary/aromatic N) is 1. The van der Waals surface area contributed by atoms with Crippen LogP contribution in [0.15, 0.2) is 0 Å². The molecule has 0 unspecified atom stereocenters. The third-order valence-corrected chi connectivity index (χ3v) is 6.87. The van der Waals surface area contributed by atoms with Crippen LogP contribution in [-0.4, -0.2) is 38.3 Å². The van der Waals surface area contributed by atoms with Gasteiger partial charge in [0.05, 0.1) is 17.3 Å². The number of carbonyl (C=O) groups excluding carboxylic acids is 1. The highest BCUT2D eigenvalue weighted by Gasteiger charge is 2.28. The van der Waals surface area contributed by atoms with Gasteiger partial charge in [-0.2, -0.15) is 0 Å². The summed E-state index contributed by atoms with van der Waals surface area (Å²) in [5.74, 6) is -0.184. The molecule has 6 nitrogen and oxygen atoms in total. The van der Waals surface area contributed by atoms with E-state index >= 15 is 0 Å². The summed E-state index contributed by atoms with van der Waals surface area (Å²) in [5.41, 5.74) is 0.596. The van der Waals surface area contributed by atoms with Crippen LogP contribution in [0.1, 0.15) is 58.9 Å². The molecule has 2 rings (SSSR count). The van der Waals surface area contributed by atoms with Crippen molar-refractivity contribution in [2.45, 2.75) is 50.7 Å². The molecule has 0 aromatic carbocycles. The van der Waals surface area contributed by atoms with Crippen LogP contribution in [0.3, 0.4) is 0 Å². The predicted octanol–water partition coefficient (Wildman–Crippen LogP) is 2.20. The summed E-state index contributed by atoms with van der Waals surface area (Å²) in [6.45, 7) is 3.29. The molecule has 124 valence electrons. The fourth-order valence-electron chi connectivity index (χ4n) is 2.58. The van der Waals surface area contributed by atoms with E-state index in [0.29, 0.717) is 16.5 Å². The van der Waals surface area contributed by atoms with Gasteiger partial charge in [-0.1, -0.05) is 12.8 Å². The van der Waals surface area contributed by atoms with E-state index in [0.717, 1.165) is 17.8 Å². The van der Waals surface area contributed by atoms with Gasteiger partial charge in [0, 0.05) is 13.0 Å². The Morgan fingerprint density at radius 3 is 2.68 bits per heavy atom. The first kappa shape index (κ1) is 17.4. The minimum Gasteiger partial charge on any atom is -0.383 e. The normalized spacial score (nSPS) is 17.6. The average molecular weight is 346 g/mol. The minimum atomic E-state index is -3.74. The van der Waals surface area contributed by atoms with Crippen molar-refractivity contribution in [1.29, 1.82) is 0 Å². The van der Waals surface area contributed by atoms with Crippen molar-refractivity contribution >= 4 is 27.3 Å². The second kappa shape index (κ2) is 7.06. The molecule has 0 radical (unpaired) electrons. The molecule has 0 aliphatic heterocycles. The number of amides is 1. The average Bonchev–Trinajstić information content (AvgIpc) is 3.07. The highest BCUT2D eigenvalue weighted by molar-refractivity contribution is 7.90. The minimum absolute atomic E-state index is 0.0393. The maximum Gasteiger partial charge on any atom is 0.276 e. The van der Waals surface area contributed by atoms with Crippen LogP contribution in [0.4, 0.5) is 0 Å². The smallest absolute Gasteiger partial charge is 0.276 e. The number of hydrogen-bond donors (Lipinski definition) is 1. The van der Waals surface area contributed by atoms with E-state index in [1.165, 1.54) is 38.2 Å². The lowest BCUT2D eigenvalue weighted by Crippen LogP contribution is -2.38. The van der Waals surface area contributed by atoms with Crippen LogP contribution < -0.4 is 4.72 Å². The topological polar surface area (TPSA) is 85.4 Å². The lowest BCUT2D eigenvalue weighted by atomic mass is 10.1. The summed E-state index contributed by atoms with van der Waals surface area (Å²) in [6.07, 6.45) is 4.57. The number of aromatic nitrogens is 1. The van der Waals surface area contributed by atoms with E-state index in [-0.39, 0.29) is 6.61 Å². The van der Waals surface area contributed by atoms with Gasteiger partial charge in [-0.15, -0.1) is 11.3 Å². The van der Waals surface area contributed by atoms with Gasteiger partial charge in [-0.3, -0.25) is 4.79 Å². The van der Waals surface area contributed by atoms with Crippen molar-refractivity contribution in [3.05, 3.63) is 15.6 Å². The van der Waals surface area contributed by atoms with Crippen LogP contribution in [-0.2, 0) is 14.8 Å². The Labute approximate surface area is 135 Å². The van der Waals surface area contributed by atoms with Gasteiger partial charge in [-0.05, 0) is 26.7 Å². The first-order chi connectivity index (χ1) is 10.3. The molecule has 1 aliphatic carbocycles. The van der Waals surface area contributed by atoms with Gasteiger partial charge >= 0.3 is 0 Å². The van der Waals surface area contributed by atoms with E-state index in [9.17, 15) is 13.2 Å². The SMILES string of the molecule is COC[C@@H](C)S(=O)(=O)NC(=O)c1sc(C2CCCC2)nc1C. The maximum atomic E-state index is 12.3. The first-order valence-corrected chi connectivity index (χ1v) is 9.73. The molecule has 1 aromatic heterocycles. The summed E-state index contributed by atoms with van der Waals surface area (Å²) >= 11 is 1.31. The Balaban J connectivity index is 2.12. The molecule has 8 heteroatoms. The van der Waals surface area contributed by atoms with Gasteiger partial charge < -0.3 is 4.74 Å². The summed E-state index contributed by atoms with van der Waals surface area (Å²) in [6, 6.07) is 0. The Morgan fingerprint density at radius 2 is 2.09 bits per heavy atom. The van der Waals surface area contributed by atoms with E-state index in [4.69, 9.17) is 4.74 Å². The fourth-order valence-corrected chi connectivity index (χ4v) is 4.65. The first-order valence-electron chi connectivity index (χ1n) is 7.37. The molecular formula is C14H22N2O4S2. The van der Waals surface area contributed by atoms with E-state index in [2.05, 4.69) is 9.71 Å². The zero-order valence-corrected chi connectivity index (χ0v) is 14.7. The molecule has 0 spiro atoms. The molecule has 1 heterocycles. The lowest BCUT2D eigenvalue weighted by molar-refractivity contribution is 0.0983. The molecule has 1 saturated carbocycles. The largest absolute Gasteiger partial charge is 0.383 e. The number of sulfonamides is 1. The zero-order chi connectivity index (χ0) is 16.3. The van der Waals surface area contributed by atoms with Gasteiger partial charge in [0.2, 0.25) is 10.0 Å². The molecule has 1 aliphatic rings. The van der Waals surface area contributed by atoms with Crippen molar-refractivity contribution in [1.82, 2.24) is 9.71 Å². The summed E-state index contributed by atoms with van der Waals surface area (Å²) < 4.78 is 31.1. The second-order valence-corrected chi connectivity index (χ2v) is 8.82. The van der Waals surface area contributed by atoms with Crippen molar-refractivity contribution in [2.24, 2.45) is 0 Å². The molecule has 1 amide bonds. The molecular weight excluding hydrogens is 324 g/mol. The van der Waals surface area contributed by atoms with E-state index in [1.807, 2.05) is 0 Å². The Hall–Kier alpha value is -0.990. The Morgan fingerprint density at radius 1 is 1.45 bits per heavy atom. The Kier molecular flexibility index (Phi) is 5.57. The number of aryl methyl sites for hydroxylation is 1. The van der Waals surface area contributed by atoms with Crippen LogP contribution >= 0.6 is 11.3 Å². The third-order valence-electron chi connectivity index (χ3n) is 3.89. The van der Waals surface area contributed by atoms with Gasteiger partial charge in [0.15, 0.2) is 0 Å². The summed E-state index contributed by atoms with van der Waals surface area (Å²) in [7, 11) is -2.32. The third kappa shape index (κ3) is 3.85. The molecule has 0 saturated heterocycles. The van der Waals surface area contributed by atoms with Crippen molar-refractivity contribution in [3.63, 3.8) is 0 Å². The highest BCUT2D eigenvalue weighted by atomic mass is 32.2. The van der Waals surface area contributed by atoms with Crippen molar-refractivity contribution in [2.75, 3.05) is 13.7 Å².